The van der Waals surface area contributed by atoms with Crippen LogP contribution in [0.4, 0.5) is 0 Å². The molecule has 1 amide bonds. The summed E-state index contributed by atoms with van der Waals surface area (Å²) in [5.41, 5.74) is 2.31. The summed E-state index contributed by atoms with van der Waals surface area (Å²) in [5, 5.41) is 1.17. The van der Waals surface area contributed by atoms with Crippen LogP contribution >= 0.6 is 23.2 Å². The lowest BCUT2D eigenvalue weighted by Gasteiger charge is -2.56. The summed E-state index contributed by atoms with van der Waals surface area (Å²) in [4.78, 5) is 16.3. The number of halogens is 2. The Morgan fingerprint density at radius 3 is 2.57 bits per heavy atom. The highest BCUT2D eigenvalue weighted by atomic mass is 35.5. The molecule has 0 N–H and O–H groups in total. The molecular weight excluding hydrogens is 331 g/mol. The van der Waals surface area contributed by atoms with Crippen molar-refractivity contribution in [3.63, 3.8) is 0 Å². The van der Waals surface area contributed by atoms with Crippen LogP contribution in [0.25, 0.3) is 5.57 Å². The molecule has 3 aliphatic heterocycles. The average Bonchev–Trinajstić information content (AvgIpc) is 2.56. The van der Waals surface area contributed by atoms with Gasteiger partial charge in [-0.3, -0.25) is 9.69 Å². The summed E-state index contributed by atoms with van der Waals surface area (Å²) in [6.07, 6.45) is 4.07. The molecule has 5 heteroatoms. The summed E-state index contributed by atoms with van der Waals surface area (Å²) < 4.78 is 0. The minimum absolute atomic E-state index is 0.280. The second-order valence-corrected chi connectivity index (χ2v) is 7.22. The third-order valence-corrected chi connectivity index (χ3v) is 5.72. The summed E-state index contributed by atoms with van der Waals surface area (Å²) >= 11 is 12.1. The van der Waals surface area contributed by atoms with Crippen molar-refractivity contribution in [3.8, 4) is 0 Å². The Kier molecular flexibility index (Phi) is 5.00. The van der Waals surface area contributed by atoms with Crippen LogP contribution in [0.1, 0.15) is 32.3 Å². The van der Waals surface area contributed by atoms with E-state index in [9.17, 15) is 4.79 Å². The van der Waals surface area contributed by atoms with Crippen LogP contribution in [0.15, 0.2) is 24.3 Å². The molecule has 1 aromatic carbocycles. The van der Waals surface area contributed by atoms with Gasteiger partial charge in [0.2, 0.25) is 5.91 Å². The molecule has 2 unspecified atom stereocenters. The third kappa shape index (κ3) is 3.42. The zero-order valence-electron chi connectivity index (χ0n) is 13.6. The van der Waals surface area contributed by atoms with E-state index in [-0.39, 0.29) is 5.91 Å². The first-order valence-electron chi connectivity index (χ1n) is 8.15. The minimum atomic E-state index is 0.280. The molecule has 0 aromatic heterocycles. The number of carbonyl (C=O) groups excluding carboxylic acids is 1. The highest BCUT2D eigenvalue weighted by molar-refractivity contribution is 6.42. The lowest BCUT2D eigenvalue weighted by atomic mass is 9.87. The molecule has 0 saturated carbocycles. The number of amides is 1. The van der Waals surface area contributed by atoms with Gasteiger partial charge < -0.3 is 4.90 Å². The van der Waals surface area contributed by atoms with Crippen molar-refractivity contribution in [1.29, 1.82) is 0 Å². The molecule has 3 saturated heterocycles. The van der Waals surface area contributed by atoms with Gasteiger partial charge in [-0.25, -0.2) is 0 Å². The van der Waals surface area contributed by atoms with Crippen molar-refractivity contribution in [2.75, 3.05) is 19.6 Å². The molecule has 3 fully saturated rings. The highest BCUT2D eigenvalue weighted by Gasteiger charge is 2.44. The molecule has 23 heavy (non-hydrogen) atoms. The predicted octanol–water partition coefficient (Wildman–Crippen LogP) is 4.09. The minimum Gasteiger partial charge on any atom is -0.340 e. The Bertz CT molecular complexity index is 632. The fraction of sp³-hybridized carbons (Fsp3) is 0.500. The fourth-order valence-corrected chi connectivity index (χ4v) is 3.81. The summed E-state index contributed by atoms with van der Waals surface area (Å²) in [5.74, 6) is 0.280. The van der Waals surface area contributed by atoms with Gasteiger partial charge in [-0.15, -0.1) is 0 Å². The molecule has 0 radical (unpaired) electrons. The average molecular weight is 353 g/mol. The van der Waals surface area contributed by atoms with Gasteiger partial charge in [0, 0.05) is 38.1 Å². The van der Waals surface area contributed by atoms with Crippen LogP contribution in [0, 0.1) is 0 Å². The van der Waals surface area contributed by atoms with Crippen LogP contribution in [0.2, 0.25) is 10.0 Å². The summed E-state index contributed by atoms with van der Waals surface area (Å²) in [6, 6.07) is 6.78. The molecule has 124 valence electrons. The van der Waals surface area contributed by atoms with E-state index in [0.29, 0.717) is 28.5 Å². The van der Waals surface area contributed by atoms with Gasteiger partial charge in [0.15, 0.2) is 0 Å². The van der Waals surface area contributed by atoms with E-state index in [1.54, 1.807) is 0 Å². The Morgan fingerprint density at radius 2 is 1.96 bits per heavy atom. The number of hydrogen-bond donors (Lipinski definition) is 0. The number of rotatable bonds is 4. The number of benzene rings is 1. The van der Waals surface area contributed by atoms with Crippen LogP contribution in [0.5, 0.6) is 0 Å². The van der Waals surface area contributed by atoms with Gasteiger partial charge in [0.1, 0.15) is 0 Å². The SMILES string of the molecule is CCC(=O)N1CC2CC(C1)N2CC=C(C)c1ccc(Cl)c(Cl)c1. The maximum absolute atomic E-state index is 11.8. The second-order valence-electron chi connectivity index (χ2n) is 6.41. The lowest BCUT2D eigenvalue weighted by Crippen LogP contribution is -2.69. The number of allylic oxidation sites excluding steroid dienone is 1. The molecule has 3 heterocycles. The maximum Gasteiger partial charge on any atom is 0.222 e. The monoisotopic (exact) mass is 352 g/mol. The normalized spacial score (nSPS) is 24.5. The molecule has 2 atom stereocenters. The molecule has 0 aliphatic carbocycles. The van der Waals surface area contributed by atoms with E-state index in [1.807, 2.05) is 30.0 Å². The van der Waals surface area contributed by atoms with Gasteiger partial charge >= 0.3 is 0 Å². The molecule has 2 bridgehead atoms. The number of fused-ring (bicyclic) bond motifs is 2. The molecular formula is C18H22Cl2N2O. The number of piperidine rings is 1. The molecule has 0 spiro atoms. The zero-order valence-corrected chi connectivity index (χ0v) is 15.1. The van der Waals surface area contributed by atoms with Gasteiger partial charge in [-0.05, 0) is 36.6 Å². The van der Waals surface area contributed by atoms with Gasteiger partial charge in [-0.2, -0.15) is 0 Å². The largest absolute Gasteiger partial charge is 0.340 e. The van der Waals surface area contributed by atoms with Gasteiger partial charge in [0.05, 0.1) is 10.0 Å². The Hall–Kier alpha value is -1.03. The maximum atomic E-state index is 11.8. The topological polar surface area (TPSA) is 23.6 Å². The first kappa shape index (κ1) is 16.8. The Labute approximate surface area is 147 Å². The third-order valence-electron chi connectivity index (χ3n) is 4.98. The smallest absolute Gasteiger partial charge is 0.222 e. The van der Waals surface area contributed by atoms with E-state index < -0.39 is 0 Å². The van der Waals surface area contributed by atoms with Crippen molar-refractivity contribution in [2.24, 2.45) is 0 Å². The van der Waals surface area contributed by atoms with E-state index in [0.717, 1.165) is 25.2 Å². The van der Waals surface area contributed by atoms with E-state index >= 15 is 0 Å². The van der Waals surface area contributed by atoms with Crippen LogP contribution in [-0.4, -0.2) is 47.4 Å². The Morgan fingerprint density at radius 1 is 1.26 bits per heavy atom. The van der Waals surface area contributed by atoms with Crippen LogP contribution < -0.4 is 0 Å². The van der Waals surface area contributed by atoms with Crippen molar-refractivity contribution < 1.29 is 4.79 Å². The first-order chi connectivity index (χ1) is 11.0. The number of nitrogens with zero attached hydrogens (tertiary/aromatic N) is 2. The molecule has 3 nitrogen and oxygen atoms in total. The van der Waals surface area contributed by atoms with Crippen molar-refractivity contribution >= 4 is 34.7 Å². The molecule has 1 aromatic rings. The quantitative estimate of drug-likeness (QED) is 0.814. The molecule has 4 rings (SSSR count). The van der Waals surface area contributed by atoms with Crippen molar-refractivity contribution in [1.82, 2.24) is 9.80 Å². The first-order valence-corrected chi connectivity index (χ1v) is 8.91. The number of carbonyl (C=O) groups is 1. The standard InChI is InChI=1S/C18H22Cl2N2O/c1-3-18(23)21-10-14-9-15(11-21)22(14)7-6-12(2)13-4-5-16(19)17(20)8-13/h4-6,8,14-15H,3,7,9-11H2,1-2H3. The van der Waals surface area contributed by atoms with Gasteiger partial charge in [-0.1, -0.05) is 42.3 Å². The van der Waals surface area contributed by atoms with Crippen molar-refractivity contribution in [3.05, 3.63) is 39.9 Å². The zero-order chi connectivity index (χ0) is 16.6. The Balaban J connectivity index is 1.61. The second kappa shape index (κ2) is 6.84. The summed E-state index contributed by atoms with van der Waals surface area (Å²) in [7, 11) is 0. The van der Waals surface area contributed by atoms with Gasteiger partial charge in [0.25, 0.3) is 0 Å². The predicted molar refractivity (Wildman–Crippen MR) is 95.9 cm³/mol. The van der Waals surface area contributed by atoms with E-state index in [1.165, 1.54) is 12.0 Å². The fourth-order valence-electron chi connectivity index (χ4n) is 3.51. The van der Waals surface area contributed by atoms with E-state index in [2.05, 4.69) is 17.9 Å². The van der Waals surface area contributed by atoms with Crippen molar-refractivity contribution in [2.45, 2.75) is 38.8 Å². The number of piperazine rings is 1. The lowest BCUT2D eigenvalue weighted by molar-refractivity contribution is -0.142. The molecule has 3 aliphatic rings. The highest BCUT2D eigenvalue weighted by Crippen LogP contribution is 2.33. The van der Waals surface area contributed by atoms with Crippen LogP contribution in [0.3, 0.4) is 0 Å². The number of hydrogen-bond acceptors (Lipinski definition) is 2. The van der Waals surface area contributed by atoms with E-state index in [4.69, 9.17) is 23.2 Å². The van der Waals surface area contributed by atoms with Crippen LogP contribution in [-0.2, 0) is 4.79 Å². The summed E-state index contributed by atoms with van der Waals surface area (Å²) in [6.45, 7) is 6.72.